The standard InChI is InChI=1S/C19H35NO5Si/c1-18(2,3)24-17(22)20-13-15(25-26(8,9)19(4,5)6)12-14(20)10-11-16(21)23-7/h10-11,14-15H,12-13H2,1-9H3/b11-10+/t14-,15-/m1/s1. The van der Waals surface area contributed by atoms with Gasteiger partial charge in [-0.3, -0.25) is 4.90 Å². The van der Waals surface area contributed by atoms with E-state index in [1.165, 1.54) is 13.2 Å². The fourth-order valence-electron chi connectivity index (χ4n) is 2.48. The summed E-state index contributed by atoms with van der Waals surface area (Å²) in [4.78, 5) is 25.7. The molecule has 0 aromatic heterocycles. The van der Waals surface area contributed by atoms with Gasteiger partial charge < -0.3 is 13.9 Å². The van der Waals surface area contributed by atoms with Gasteiger partial charge in [0.2, 0.25) is 0 Å². The Kier molecular flexibility index (Phi) is 7.09. The van der Waals surface area contributed by atoms with E-state index in [0.29, 0.717) is 13.0 Å². The molecule has 7 heteroatoms. The SMILES string of the molecule is COC(=O)/C=C/[C@@H]1C[C@@H](O[Si](C)(C)C(C)(C)C)CN1C(=O)OC(C)(C)C. The Morgan fingerprint density at radius 2 is 1.69 bits per heavy atom. The molecule has 150 valence electrons. The van der Waals surface area contributed by atoms with E-state index in [1.807, 2.05) is 20.8 Å². The summed E-state index contributed by atoms with van der Waals surface area (Å²) in [5, 5.41) is 0.0870. The van der Waals surface area contributed by atoms with Gasteiger partial charge in [0.15, 0.2) is 8.32 Å². The summed E-state index contributed by atoms with van der Waals surface area (Å²) in [5.41, 5.74) is -0.577. The van der Waals surface area contributed by atoms with Crippen molar-refractivity contribution in [3.8, 4) is 0 Å². The predicted molar refractivity (Wildman–Crippen MR) is 105 cm³/mol. The molecular weight excluding hydrogens is 350 g/mol. The molecule has 0 aliphatic carbocycles. The average Bonchev–Trinajstić information content (AvgIpc) is 2.84. The Balaban J connectivity index is 2.96. The van der Waals surface area contributed by atoms with Gasteiger partial charge >= 0.3 is 12.1 Å². The lowest BCUT2D eigenvalue weighted by Crippen LogP contribution is -2.45. The van der Waals surface area contributed by atoms with Gasteiger partial charge in [-0.2, -0.15) is 0 Å². The lowest BCUT2D eigenvalue weighted by Gasteiger charge is -2.38. The normalized spacial score (nSPS) is 22.0. The molecule has 1 fully saturated rings. The van der Waals surface area contributed by atoms with Gasteiger partial charge in [0, 0.05) is 12.6 Å². The third-order valence-corrected chi connectivity index (χ3v) is 9.39. The number of rotatable bonds is 4. The molecule has 1 aliphatic heterocycles. The van der Waals surface area contributed by atoms with E-state index in [0.717, 1.165) is 0 Å². The van der Waals surface area contributed by atoms with Crippen LogP contribution in [0.3, 0.4) is 0 Å². The van der Waals surface area contributed by atoms with Crippen LogP contribution < -0.4 is 0 Å². The van der Waals surface area contributed by atoms with Crippen LogP contribution in [-0.4, -0.2) is 56.7 Å². The number of hydrogen-bond donors (Lipinski definition) is 0. The summed E-state index contributed by atoms with van der Waals surface area (Å²) in [7, 11) is -0.627. The summed E-state index contributed by atoms with van der Waals surface area (Å²) in [6.07, 6.45) is 3.23. The van der Waals surface area contributed by atoms with Gasteiger partial charge in [-0.1, -0.05) is 26.8 Å². The summed E-state index contributed by atoms with van der Waals surface area (Å²) in [6.45, 7) is 16.9. The number of ether oxygens (including phenoxy) is 2. The highest BCUT2D eigenvalue weighted by molar-refractivity contribution is 6.74. The first kappa shape index (κ1) is 22.7. The molecule has 1 saturated heterocycles. The first-order valence-corrected chi connectivity index (χ1v) is 12.0. The number of likely N-dealkylation sites (tertiary alicyclic amines) is 1. The summed E-state index contributed by atoms with van der Waals surface area (Å²) < 4.78 is 16.7. The first-order valence-electron chi connectivity index (χ1n) is 9.10. The van der Waals surface area contributed by atoms with E-state index < -0.39 is 26.0 Å². The van der Waals surface area contributed by atoms with Gasteiger partial charge in [0.25, 0.3) is 0 Å². The Morgan fingerprint density at radius 1 is 1.12 bits per heavy atom. The van der Waals surface area contributed by atoms with E-state index in [2.05, 4.69) is 38.6 Å². The molecule has 0 spiro atoms. The largest absolute Gasteiger partial charge is 0.466 e. The third kappa shape index (κ3) is 6.43. The van der Waals surface area contributed by atoms with Crippen LogP contribution in [0.25, 0.3) is 0 Å². The zero-order valence-corrected chi connectivity index (χ0v) is 18.7. The van der Waals surface area contributed by atoms with Crippen molar-refractivity contribution in [1.82, 2.24) is 4.90 Å². The highest BCUT2D eigenvalue weighted by Crippen LogP contribution is 2.39. The third-order valence-electron chi connectivity index (χ3n) is 4.86. The molecule has 0 bridgehead atoms. The van der Waals surface area contributed by atoms with E-state index >= 15 is 0 Å². The molecule has 1 rings (SSSR count). The van der Waals surface area contributed by atoms with E-state index in [1.54, 1.807) is 11.0 Å². The molecule has 1 heterocycles. The van der Waals surface area contributed by atoms with Crippen LogP contribution in [0.5, 0.6) is 0 Å². The predicted octanol–water partition coefficient (Wildman–Crippen LogP) is 4.12. The quantitative estimate of drug-likeness (QED) is 0.414. The van der Waals surface area contributed by atoms with Crippen molar-refractivity contribution >= 4 is 20.4 Å². The van der Waals surface area contributed by atoms with Crippen LogP contribution in [0.2, 0.25) is 18.1 Å². The van der Waals surface area contributed by atoms with Gasteiger partial charge in [-0.25, -0.2) is 9.59 Å². The number of esters is 1. The van der Waals surface area contributed by atoms with Crippen molar-refractivity contribution in [2.75, 3.05) is 13.7 Å². The second kappa shape index (κ2) is 8.13. The minimum atomic E-state index is -1.96. The monoisotopic (exact) mass is 385 g/mol. The molecule has 1 aliphatic rings. The summed E-state index contributed by atoms with van der Waals surface area (Å²) >= 11 is 0. The number of carbonyl (C=O) groups is 2. The molecule has 0 unspecified atom stereocenters. The minimum absolute atomic E-state index is 0.0734. The van der Waals surface area contributed by atoms with Crippen LogP contribution in [0.1, 0.15) is 48.0 Å². The number of carbonyl (C=O) groups excluding carboxylic acids is 2. The van der Waals surface area contributed by atoms with Crippen LogP contribution in [0.15, 0.2) is 12.2 Å². The maximum Gasteiger partial charge on any atom is 0.410 e. The number of amides is 1. The zero-order valence-electron chi connectivity index (χ0n) is 17.7. The second-order valence-corrected chi connectivity index (χ2v) is 14.1. The van der Waals surface area contributed by atoms with Crippen molar-refractivity contribution in [1.29, 1.82) is 0 Å². The highest BCUT2D eigenvalue weighted by Gasteiger charge is 2.43. The number of nitrogens with zero attached hydrogens (tertiary/aromatic N) is 1. The lowest BCUT2D eigenvalue weighted by atomic mass is 10.2. The number of hydrogen-bond acceptors (Lipinski definition) is 5. The van der Waals surface area contributed by atoms with Crippen LogP contribution >= 0.6 is 0 Å². The van der Waals surface area contributed by atoms with Crippen molar-refractivity contribution in [2.45, 2.75) is 83.8 Å². The molecule has 0 radical (unpaired) electrons. The molecule has 0 N–H and O–H groups in total. The topological polar surface area (TPSA) is 65.1 Å². The van der Waals surface area contributed by atoms with Gasteiger partial charge in [-0.15, -0.1) is 0 Å². The average molecular weight is 386 g/mol. The smallest absolute Gasteiger partial charge is 0.410 e. The van der Waals surface area contributed by atoms with Gasteiger partial charge in [0.1, 0.15) is 5.60 Å². The Bertz CT molecular complexity index is 545. The van der Waals surface area contributed by atoms with Crippen LogP contribution in [-0.2, 0) is 18.7 Å². The van der Waals surface area contributed by atoms with Crippen molar-refractivity contribution in [3.63, 3.8) is 0 Å². The fraction of sp³-hybridized carbons (Fsp3) is 0.789. The fourth-order valence-corrected chi connectivity index (χ4v) is 3.83. The Hall–Kier alpha value is -1.34. The lowest BCUT2D eigenvalue weighted by molar-refractivity contribution is -0.134. The Morgan fingerprint density at radius 3 is 2.15 bits per heavy atom. The van der Waals surface area contributed by atoms with Crippen molar-refractivity contribution in [3.05, 3.63) is 12.2 Å². The van der Waals surface area contributed by atoms with E-state index in [4.69, 9.17) is 9.16 Å². The van der Waals surface area contributed by atoms with Crippen LogP contribution in [0.4, 0.5) is 4.79 Å². The molecule has 0 aromatic rings. The maximum absolute atomic E-state index is 12.6. The molecular formula is C19H35NO5Si. The zero-order chi connectivity index (χ0) is 20.3. The molecule has 2 atom stereocenters. The maximum atomic E-state index is 12.6. The van der Waals surface area contributed by atoms with Crippen molar-refractivity contribution < 1.29 is 23.5 Å². The molecule has 1 amide bonds. The Labute approximate surface area is 159 Å². The van der Waals surface area contributed by atoms with Gasteiger partial charge in [-0.05, 0) is 45.3 Å². The molecule has 6 nitrogen and oxygen atoms in total. The first-order chi connectivity index (χ1) is 11.7. The van der Waals surface area contributed by atoms with E-state index in [9.17, 15) is 9.59 Å². The second-order valence-electron chi connectivity index (χ2n) is 9.32. The highest BCUT2D eigenvalue weighted by atomic mass is 28.4. The van der Waals surface area contributed by atoms with E-state index in [-0.39, 0.29) is 17.2 Å². The van der Waals surface area contributed by atoms with Gasteiger partial charge in [0.05, 0.1) is 19.3 Å². The molecule has 0 saturated carbocycles. The van der Waals surface area contributed by atoms with Crippen LogP contribution in [0, 0.1) is 0 Å². The summed E-state index contributed by atoms with van der Waals surface area (Å²) in [6, 6.07) is -0.251. The van der Waals surface area contributed by atoms with Crippen molar-refractivity contribution in [2.24, 2.45) is 0 Å². The molecule has 26 heavy (non-hydrogen) atoms. The molecule has 0 aromatic carbocycles. The number of methoxy groups -OCH3 is 1. The summed E-state index contributed by atoms with van der Waals surface area (Å²) in [5.74, 6) is -0.442. The minimum Gasteiger partial charge on any atom is -0.466 e.